The second-order valence-electron chi connectivity index (χ2n) is 5.88. The normalized spacial score (nSPS) is 13.2. The Morgan fingerprint density at radius 2 is 1.96 bits per heavy atom. The largest absolute Gasteiger partial charge is 0.314 e. The van der Waals surface area contributed by atoms with E-state index in [0.717, 1.165) is 33.4 Å². The first-order valence-electron chi connectivity index (χ1n) is 7.87. The van der Waals surface area contributed by atoms with Gasteiger partial charge in [-0.25, -0.2) is 0 Å². The molecule has 0 spiro atoms. The fraction of sp³-hybridized carbons (Fsp3) is 0.167. The van der Waals surface area contributed by atoms with Crippen LogP contribution in [0.2, 0.25) is 5.02 Å². The number of halogens is 1. The molecule has 0 fully saturated rings. The van der Waals surface area contributed by atoms with Gasteiger partial charge in [0.15, 0.2) is 11.6 Å². The quantitative estimate of drug-likeness (QED) is 0.735. The lowest BCUT2D eigenvalue weighted by molar-refractivity contribution is -0.0754. The van der Waals surface area contributed by atoms with Crippen LogP contribution in [0.3, 0.4) is 0 Å². The minimum absolute atomic E-state index is 0.260. The Morgan fingerprint density at radius 3 is 2.72 bits per heavy atom. The highest BCUT2D eigenvalue weighted by Gasteiger charge is 2.23. The van der Waals surface area contributed by atoms with Gasteiger partial charge < -0.3 is 5.21 Å². The molecular weight excluding hydrogens is 338 g/mol. The minimum Gasteiger partial charge on any atom is -0.314 e. The van der Waals surface area contributed by atoms with Crippen molar-refractivity contribution in [2.24, 2.45) is 4.99 Å². The van der Waals surface area contributed by atoms with Crippen molar-refractivity contribution in [2.75, 3.05) is 7.05 Å². The van der Waals surface area contributed by atoms with Crippen LogP contribution in [-0.2, 0) is 13.1 Å². The van der Waals surface area contributed by atoms with Crippen molar-refractivity contribution < 1.29 is 5.21 Å². The average Bonchev–Trinajstić information content (AvgIpc) is 2.90. The number of rotatable bonds is 3. The van der Waals surface area contributed by atoms with E-state index in [1.54, 1.807) is 7.05 Å². The van der Waals surface area contributed by atoms with Gasteiger partial charge in [-0.3, -0.25) is 9.56 Å². The third-order valence-corrected chi connectivity index (χ3v) is 4.28. The second-order valence-corrected chi connectivity index (χ2v) is 6.31. The van der Waals surface area contributed by atoms with Crippen molar-refractivity contribution in [3.63, 3.8) is 0 Å². The molecule has 0 amide bonds. The fourth-order valence-corrected chi connectivity index (χ4v) is 3.18. The van der Waals surface area contributed by atoms with E-state index < -0.39 is 0 Å². The summed E-state index contributed by atoms with van der Waals surface area (Å²) in [6.07, 6.45) is 0. The number of benzene rings is 2. The van der Waals surface area contributed by atoms with Gasteiger partial charge >= 0.3 is 0 Å². The van der Waals surface area contributed by atoms with Crippen LogP contribution in [0.1, 0.15) is 22.8 Å². The summed E-state index contributed by atoms with van der Waals surface area (Å²) in [4.78, 5) is 4.77. The highest BCUT2D eigenvalue weighted by molar-refractivity contribution is 6.31. The number of hydroxylamine groups is 2. The van der Waals surface area contributed by atoms with Crippen LogP contribution >= 0.6 is 11.6 Å². The molecule has 0 aliphatic carbocycles. The lowest BCUT2D eigenvalue weighted by Gasteiger charge is -2.15. The Bertz CT molecular complexity index is 949. The zero-order chi connectivity index (χ0) is 17.4. The topological polar surface area (TPSA) is 66.5 Å². The summed E-state index contributed by atoms with van der Waals surface area (Å²) in [6, 6.07) is 15.7. The summed E-state index contributed by atoms with van der Waals surface area (Å²) in [7, 11) is 1.58. The first-order valence-corrected chi connectivity index (χ1v) is 8.24. The third-order valence-electron chi connectivity index (χ3n) is 4.05. The van der Waals surface area contributed by atoms with E-state index in [1.165, 1.54) is 0 Å². The molecule has 3 aromatic rings. The number of hydrogen-bond acceptors (Lipinski definition) is 5. The molecule has 7 heteroatoms. The van der Waals surface area contributed by atoms with Gasteiger partial charge in [0.2, 0.25) is 0 Å². The third kappa shape index (κ3) is 2.95. The molecule has 1 aliphatic rings. The van der Waals surface area contributed by atoms with Gasteiger partial charge in [-0.1, -0.05) is 41.9 Å². The number of nitrogens with zero attached hydrogens (tertiary/aromatic N) is 5. The highest BCUT2D eigenvalue weighted by Crippen LogP contribution is 2.28. The average molecular weight is 354 g/mol. The Kier molecular flexibility index (Phi) is 4.09. The van der Waals surface area contributed by atoms with Crippen molar-refractivity contribution in [1.29, 1.82) is 0 Å². The maximum absolute atomic E-state index is 9.62. The SMILES string of the molecule is CN(O)Cc1nnc2n1-c1ccc(Cl)cc1C(c1ccccc1)=NC2. The fourth-order valence-electron chi connectivity index (χ4n) is 3.01. The van der Waals surface area contributed by atoms with Crippen LogP contribution in [0.5, 0.6) is 0 Å². The van der Waals surface area contributed by atoms with E-state index in [-0.39, 0.29) is 6.54 Å². The molecule has 0 saturated carbocycles. The van der Waals surface area contributed by atoms with Crippen molar-refractivity contribution in [2.45, 2.75) is 13.1 Å². The lowest BCUT2D eigenvalue weighted by Crippen LogP contribution is -2.17. The molecular formula is C18H16ClN5O. The molecule has 0 unspecified atom stereocenters. The van der Waals surface area contributed by atoms with E-state index in [1.807, 2.05) is 53.1 Å². The molecule has 4 rings (SSSR count). The summed E-state index contributed by atoms with van der Waals surface area (Å²) >= 11 is 6.26. The van der Waals surface area contributed by atoms with Crippen molar-refractivity contribution in [1.82, 2.24) is 19.8 Å². The summed E-state index contributed by atoms with van der Waals surface area (Å²) in [5.74, 6) is 1.37. The Morgan fingerprint density at radius 1 is 1.16 bits per heavy atom. The van der Waals surface area contributed by atoms with Gasteiger partial charge in [0.25, 0.3) is 0 Å². The molecule has 2 aromatic carbocycles. The molecule has 126 valence electrons. The molecule has 1 aromatic heterocycles. The van der Waals surface area contributed by atoms with E-state index in [0.29, 0.717) is 17.4 Å². The predicted molar refractivity (Wildman–Crippen MR) is 95.4 cm³/mol. The van der Waals surface area contributed by atoms with Gasteiger partial charge in [-0.15, -0.1) is 10.2 Å². The smallest absolute Gasteiger partial charge is 0.159 e. The van der Waals surface area contributed by atoms with Crippen molar-refractivity contribution in [3.8, 4) is 5.69 Å². The zero-order valence-electron chi connectivity index (χ0n) is 13.6. The minimum atomic E-state index is 0.260. The first-order chi connectivity index (χ1) is 12.1. The van der Waals surface area contributed by atoms with E-state index >= 15 is 0 Å². The van der Waals surface area contributed by atoms with E-state index in [9.17, 15) is 5.21 Å². The maximum Gasteiger partial charge on any atom is 0.159 e. The number of fused-ring (bicyclic) bond motifs is 3. The van der Waals surface area contributed by atoms with Gasteiger partial charge in [-0.05, 0) is 18.2 Å². The Balaban J connectivity index is 1.94. The first kappa shape index (κ1) is 16.0. The predicted octanol–water partition coefficient (Wildman–Crippen LogP) is 3.09. The summed E-state index contributed by atoms with van der Waals surface area (Å²) in [6.45, 7) is 0.661. The molecule has 6 nitrogen and oxygen atoms in total. The standard InChI is InChI=1S/C18H16ClN5O/c1-23(25)11-17-22-21-16-10-20-18(12-5-3-2-4-6-12)14-9-13(19)7-8-15(14)24(16)17/h2-9,25H,10-11H2,1H3. The second kappa shape index (κ2) is 6.40. The van der Waals surface area contributed by atoms with E-state index in [2.05, 4.69) is 10.2 Å². The molecule has 1 aliphatic heterocycles. The van der Waals surface area contributed by atoms with Crippen LogP contribution in [0.25, 0.3) is 5.69 Å². The number of aliphatic imine (C=N–C) groups is 1. The van der Waals surface area contributed by atoms with Gasteiger partial charge in [0.1, 0.15) is 6.54 Å². The zero-order valence-corrected chi connectivity index (χ0v) is 14.4. The van der Waals surface area contributed by atoms with Crippen molar-refractivity contribution >= 4 is 17.3 Å². The van der Waals surface area contributed by atoms with Crippen LogP contribution in [0.4, 0.5) is 0 Å². The van der Waals surface area contributed by atoms with Crippen LogP contribution in [0.15, 0.2) is 53.5 Å². The molecule has 0 bridgehead atoms. The molecule has 0 atom stereocenters. The van der Waals surface area contributed by atoms with Gasteiger partial charge in [-0.2, -0.15) is 5.06 Å². The molecule has 1 N–H and O–H groups in total. The molecule has 25 heavy (non-hydrogen) atoms. The van der Waals surface area contributed by atoms with Crippen LogP contribution < -0.4 is 0 Å². The Labute approximate surface area is 150 Å². The highest BCUT2D eigenvalue weighted by atomic mass is 35.5. The molecule has 0 radical (unpaired) electrons. The van der Waals surface area contributed by atoms with Crippen LogP contribution in [-0.4, -0.2) is 37.8 Å². The summed E-state index contributed by atoms with van der Waals surface area (Å²) in [5.41, 5.74) is 3.71. The van der Waals surface area contributed by atoms with Crippen LogP contribution in [0, 0.1) is 0 Å². The number of hydrogen-bond donors (Lipinski definition) is 1. The Hall–Kier alpha value is -2.54. The van der Waals surface area contributed by atoms with Gasteiger partial charge in [0, 0.05) is 23.2 Å². The summed E-state index contributed by atoms with van der Waals surface area (Å²) in [5, 5.41) is 19.8. The number of aromatic nitrogens is 3. The monoisotopic (exact) mass is 353 g/mol. The molecule has 2 heterocycles. The maximum atomic E-state index is 9.62. The van der Waals surface area contributed by atoms with Gasteiger partial charge in [0.05, 0.1) is 17.9 Å². The molecule has 0 saturated heterocycles. The lowest BCUT2D eigenvalue weighted by atomic mass is 10.0. The summed E-state index contributed by atoms with van der Waals surface area (Å²) < 4.78 is 1.94. The van der Waals surface area contributed by atoms with E-state index in [4.69, 9.17) is 16.6 Å². The van der Waals surface area contributed by atoms with Crippen molar-refractivity contribution in [3.05, 3.63) is 76.3 Å².